The Kier molecular flexibility index (Phi) is 3.33. The van der Waals surface area contributed by atoms with Gasteiger partial charge in [0.1, 0.15) is 5.75 Å². The summed E-state index contributed by atoms with van der Waals surface area (Å²) in [5.41, 5.74) is 7.19. The molecule has 3 nitrogen and oxygen atoms in total. The van der Waals surface area contributed by atoms with Gasteiger partial charge in [0, 0.05) is 10.9 Å². The van der Waals surface area contributed by atoms with E-state index in [1.54, 1.807) is 18.2 Å². The average Bonchev–Trinajstić information content (AvgIpc) is 2.52. The highest BCUT2D eigenvalue weighted by Gasteiger charge is 2.02. The van der Waals surface area contributed by atoms with Gasteiger partial charge in [-0.05, 0) is 12.1 Å². The standard InChI is InChI=1S/C9H8N2OS.ClH/c10-9-11-8(5-13-9)6-2-1-3-7(12)4-6;/h1-5,12H,(H2,10,11);1H/p-1. The highest BCUT2D eigenvalue weighted by atomic mass is 35.5. The Balaban J connectivity index is 0.000000980. The zero-order chi connectivity index (χ0) is 9.26. The normalized spacial score (nSPS) is 9.43. The van der Waals surface area contributed by atoms with Crippen molar-refractivity contribution in [2.75, 3.05) is 5.73 Å². The van der Waals surface area contributed by atoms with E-state index in [0.29, 0.717) is 5.13 Å². The first-order valence-electron chi connectivity index (χ1n) is 3.76. The van der Waals surface area contributed by atoms with E-state index in [1.165, 1.54) is 11.3 Å². The SMILES string of the molecule is Nc1nc(-c2cccc(O)c2)cs1.[Cl-]. The van der Waals surface area contributed by atoms with E-state index in [-0.39, 0.29) is 18.2 Å². The molecule has 3 N–H and O–H groups in total. The number of hydrogen-bond donors (Lipinski definition) is 2. The Labute approximate surface area is 91.6 Å². The van der Waals surface area contributed by atoms with Gasteiger partial charge >= 0.3 is 0 Å². The summed E-state index contributed by atoms with van der Waals surface area (Å²) in [6.45, 7) is 0. The van der Waals surface area contributed by atoms with Crippen LogP contribution in [0.3, 0.4) is 0 Å². The van der Waals surface area contributed by atoms with E-state index in [2.05, 4.69) is 4.98 Å². The number of nitrogens with zero attached hydrogens (tertiary/aromatic N) is 1. The molecule has 0 amide bonds. The van der Waals surface area contributed by atoms with Crippen molar-refractivity contribution in [3.63, 3.8) is 0 Å². The second-order valence-corrected chi connectivity index (χ2v) is 3.51. The topological polar surface area (TPSA) is 59.1 Å². The van der Waals surface area contributed by atoms with Gasteiger partial charge in [0.25, 0.3) is 0 Å². The number of rotatable bonds is 1. The summed E-state index contributed by atoms with van der Waals surface area (Å²) in [4.78, 5) is 4.11. The Bertz CT molecular complexity index is 430. The van der Waals surface area contributed by atoms with Crippen molar-refractivity contribution in [2.45, 2.75) is 0 Å². The Morgan fingerprint density at radius 1 is 1.36 bits per heavy atom. The minimum atomic E-state index is 0. The molecule has 74 valence electrons. The van der Waals surface area contributed by atoms with Crippen molar-refractivity contribution in [1.82, 2.24) is 4.98 Å². The lowest BCUT2D eigenvalue weighted by atomic mass is 10.2. The first-order valence-corrected chi connectivity index (χ1v) is 4.64. The lowest BCUT2D eigenvalue weighted by Gasteiger charge is -1.96. The van der Waals surface area contributed by atoms with Crippen LogP contribution >= 0.6 is 11.3 Å². The van der Waals surface area contributed by atoms with Crippen LogP contribution in [0.15, 0.2) is 29.6 Å². The second kappa shape index (κ2) is 4.30. The maximum Gasteiger partial charge on any atom is 0.180 e. The van der Waals surface area contributed by atoms with Gasteiger partial charge in [0.2, 0.25) is 0 Å². The zero-order valence-electron chi connectivity index (χ0n) is 7.14. The predicted octanol–water partition coefficient (Wildman–Crippen LogP) is -0.898. The molecule has 0 fully saturated rings. The first kappa shape index (κ1) is 10.8. The van der Waals surface area contributed by atoms with E-state index in [0.717, 1.165) is 11.3 Å². The molecule has 5 heteroatoms. The third-order valence-electron chi connectivity index (χ3n) is 1.66. The molecular weight excluding hydrogens is 220 g/mol. The fourth-order valence-electron chi connectivity index (χ4n) is 1.09. The van der Waals surface area contributed by atoms with Crippen LogP contribution in [0.5, 0.6) is 5.75 Å². The maximum absolute atomic E-state index is 9.23. The molecule has 0 atom stereocenters. The van der Waals surface area contributed by atoms with Crippen LogP contribution in [-0.4, -0.2) is 10.1 Å². The van der Waals surface area contributed by atoms with Crippen molar-refractivity contribution in [3.05, 3.63) is 29.6 Å². The summed E-state index contributed by atoms with van der Waals surface area (Å²) in [6, 6.07) is 6.95. The predicted molar refractivity (Wildman–Crippen MR) is 53.6 cm³/mol. The molecule has 2 rings (SSSR count). The molecule has 0 saturated heterocycles. The van der Waals surface area contributed by atoms with Gasteiger partial charge in [-0.2, -0.15) is 0 Å². The number of hydrogen-bond acceptors (Lipinski definition) is 4. The fraction of sp³-hybridized carbons (Fsp3) is 0. The Morgan fingerprint density at radius 3 is 2.71 bits per heavy atom. The summed E-state index contributed by atoms with van der Waals surface area (Å²) in [5, 5.41) is 11.6. The highest BCUT2D eigenvalue weighted by Crippen LogP contribution is 2.25. The molecule has 0 saturated carbocycles. The minimum Gasteiger partial charge on any atom is -1.00 e. The van der Waals surface area contributed by atoms with Crippen LogP contribution in [0.4, 0.5) is 5.13 Å². The van der Waals surface area contributed by atoms with E-state index in [9.17, 15) is 5.11 Å². The highest BCUT2D eigenvalue weighted by molar-refractivity contribution is 7.13. The smallest absolute Gasteiger partial charge is 0.180 e. The van der Waals surface area contributed by atoms with Gasteiger partial charge in [-0.1, -0.05) is 12.1 Å². The molecule has 14 heavy (non-hydrogen) atoms. The van der Waals surface area contributed by atoms with Crippen LogP contribution < -0.4 is 18.1 Å². The number of halogens is 1. The maximum atomic E-state index is 9.23. The summed E-state index contributed by atoms with van der Waals surface area (Å²) in [5.74, 6) is 0.240. The number of aromatic hydroxyl groups is 1. The number of phenols is 1. The van der Waals surface area contributed by atoms with Crippen molar-refractivity contribution in [1.29, 1.82) is 0 Å². The third-order valence-corrected chi connectivity index (χ3v) is 2.34. The zero-order valence-corrected chi connectivity index (χ0v) is 8.72. The molecule has 1 heterocycles. The van der Waals surface area contributed by atoms with Gasteiger partial charge < -0.3 is 23.2 Å². The second-order valence-electron chi connectivity index (χ2n) is 2.62. The summed E-state index contributed by atoms with van der Waals surface area (Å²) in [7, 11) is 0. The molecular formula is C9H8ClN2OS-. The monoisotopic (exact) mass is 227 g/mol. The van der Waals surface area contributed by atoms with Gasteiger partial charge in [0.15, 0.2) is 5.13 Å². The molecule has 0 bridgehead atoms. The average molecular weight is 228 g/mol. The van der Waals surface area contributed by atoms with Gasteiger partial charge in [-0.25, -0.2) is 4.98 Å². The van der Waals surface area contributed by atoms with Crippen LogP contribution in [0, 0.1) is 0 Å². The van der Waals surface area contributed by atoms with Gasteiger partial charge in [-0.3, -0.25) is 0 Å². The van der Waals surface area contributed by atoms with Crippen molar-refractivity contribution in [3.8, 4) is 17.0 Å². The number of thiazole rings is 1. The van der Waals surface area contributed by atoms with Crippen LogP contribution in [0.25, 0.3) is 11.3 Å². The number of benzene rings is 1. The number of nitrogens with two attached hydrogens (primary N) is 1. The van der Waals surface area contributed by atoms with Gasteiger partial charge in [-0.15, -0.1) is 11.3 Å². The molecule has 1 aromatic carbocycles. The first-order chi connectivity index (χ1) is 6.25. The largest absolute Gasteiger partial charge is 1.00 e. The number of anilines is 1. The lowest BCUT2D eigenvalue weighted by molar-refractivity contribution is -0.00000368. The molecule has 0 aliphatic carbocycles. The fourth-order valence-corrected chi connectivity index (χ4v) is 1.66. The van der Waals surface area contributed by atoms with Gasteiger partial charge in [0.05, 0.1) is 5.69 Å². The molecule has 2 aromatic rings. The van der Waals surface area contributed by atoms with Crippen molar-refractivity contribution >= 4 is 16.5 Å². The van der Waals surface area contributed by atoms with E-state index >= 15 is 0 Å². The number of nitrogen functional groups attached to an aromatic ring is 1. The molecule has 0 unspecified atom stereocenters. The molecule has 0 spiro atoms. The Morgan fingerprint density at radius 2 is 2.14 bits per heavy atom. The van der Waals surface area contributed by atoms with Crippen LogP contribution in [-0.2, 0) is 0 Å². The van der Waals surface area contributed by atoms with Crippen LogP contribution in [0.2, 0.25) is 0 Å². The van der Waals surface area contributed by atoms with E-state index < -0.39 is 0 Å². The summed E-state index contributed by atoms with van der Waals surface area (Å²) in [6.07, 6.45) is 0. The lowest BCUT2D eigenvalue weighted by Crippen LogP contribution is -3.00. The Hall–Kier alpha value is -1.26. The molecule has 0 aliphatic rings. The molecule has 1 aromatic heterocycles. The molecule has 0 aliphatic heterocycles. The van der Waals surface area contributed by atoms with E-state index in [1.807, 2.05) is 11.4 Å². The summed E-state index contributed by atoms with van der Waals surface area (Å²) < 4.78 is 0. The quantitative estimate of drug-likeness (QED) is 0.664. The molecule has 0 radical (unpaired) electrons. The number of phenolic OH excluding ortho intramolecular Hbond substituents is 1. The van der Waals surface area contributed by atoms with Crippen LogP contribution in [0.1, 0.15) is 0 Å². The third kappa shape index (κ3) is 2.16. The summed E-state index contributed by atoms with van der Waals surface area (Å²) >= 11 is 1.39. The number of aromatic nitrogens is 1. The van der Waals surface area contributed by atoms with E-state index in [4.69, 9.17) is 5.73 Å². The minimum absolute atomic E-state index is 0. The van der Waals surface area contributed by atoms with Crippen molar-refractivity contribution < 1.29 is 17.5 Å². The van der Waals surface area contributed by atoms with Crippen molar-refractivity contribution in [2.24, 2.45) is 0 Å².